The Morgan fingerprint density at radius 3 is 1.85 bits per heavy atom. The van der Waals surface area contributed by atoms with Gasteiger partial charge in [-0.1, -0.05) is 69.3 Å². The average molecular weight is 348 g/mol. The van der Waals surface area contributed by atoms with Crippen molar-refractivity contribution < 1.29 is 31.3 Å². The van der Waals surface area contributed by atoms with E-state index in [-0.39, 0.29) is 46.5 Å². The fourth-order valence-corrected chi connectivity index (χ4v) is 2.00. The molecule has 2 aromatic rings. The van der Waals surface area contributed by atoms with Gasteiger partial charge in [0.15, 0.2) is 0 Å². The molecule has 0 atom stereocenters. The third-order valence-corrected chi connectivity index (χ3v) is 2.93. The molecule has 0 radical (unpaired) electrons. The summed E-state index contributed by atoms with van der Waals surface area (Å²) < 4.78 is 0. The minimum Gasteiger partial charge on any atom is -0.507 e. The molecule has 2 heteroatoms. The van der Waals surface area contributed by atoms with Crippen LogP contribution in [-0.2, 0) is 31.6 Å². The van der Waals surface area contributed by atoms with E-state index < -0.39 is 0 Å². The zero-order valence-electron chi connectivity index (χ0n) is 13.1. The number of hydrogen-bond donors (Lipinski definition) is 1. The summed E-state index contributed by atoms with van der Waals surface area (Å²) in [5.41, 5.74) is 2.89. The van der Waals surface area contributed by atoms with Crippen LogP contribution >= 0.6 is 0 Å². The molecule has 0 aromatic heterocycles. The van der Waals surface area contributed by atoms with Crippen molar-refractivity contribution in [1.29, 1.82) is 0 Å². The molecule has 0 unspecified atom stereocenters. The Balaban J connectivity index is 0. The maximum Gasteiger partial charge on any atom is 2.00 e. The predicted octanol–water partition coefficient (Wildman–Crippen LogP) is 5.25. The molecule has 0 aliphatic carbocycles. The molecule has 0 spiro atoms. The van der Waals surface area contributed by atoms with Gasteiger partial charge in [-0.05, 0) is 16.5 Å². The molecule has 0 bridgehead atoms. The summed E-state index contributed by atoms with van der Waals surface area (Å²) in [7, 11) is 0. The Labute approximate surface area is 143 Å². The van der Waals surface area contributed by atoms with Crippen LogP contribution in [0.3, 0.4) is 0 Å². The van der Waals surface area contributed by atoms with Crippen LogP contribution in [0.5, 0.6) is 5.75 Å². The smallest absolute Gasteiger partial charge is 0.507 e. The van der Waals surface area contributed by atoms with Crippen molar-refractivity contribution in [1.82, 2.24) is 0 Å². The summed E-state index contributed by atoms with van der Waals surface area (Å²) in [6.45, 7) is 6.32. The zero-order chi connectivity index (χ0) is 12.5. The van der Waals surface area contributed by atoms with Crippen molar-refractivity contribution in [2.45, 2.75) is 26.2 Å². The van der Waals surface area contributed by atoms with Crippen molar-refractivity contribution >= 4 is 0 Å². The molecule has 1 nitrogen and oxygen atoms in total. The van der Waals surface area contributed by atoms with Crippen LogP contribution in [0, 0.1) is 14.9 Å². The fraction of sp³-hybridized carbons (Fsp3) is 0.222. The third kappa shape index (κ3) is 4.60. The summed E-state index contributed by atoms with van der Waals surface area (Å²) in [6, 6.07) is 15.9. The SMILES string of the molecule is CC(C)(C)c1cccc(-c2ccccc2)c1O.[CH3-].[CH3-].[Zr+2]. The van der Waals surface area contributed by atoms with Gasteiger partial charge in [0.05, 0.1) is 0 Å². The molecule has 20 heavy (non-hydrogen) atoms. The quantitative estimate of drug-likeness (QED) is 0.698. The average Bonchev–Trinajstić information content (AvgIpc) is 2.29. The van der Waals surface area contributed by atoms with Gasteiger partial charge < -0.3 is 20.0 Å². The van der Waals surface area contributed by atoms with Crippen molar-refractivity contribution in [3.63, 3.8) is 0 Å². The standard InChI is InChI=1S/C16H18O.2CH3.Zr/c1-16(2,3)14-11-7-10-13(15(14)17)12-8-5-4-6-9-12;;;/h4-11,17H,1-3H3;2*1H3;/q;2*-1;+2. The molecule has 0 saturated carbocycles. The number of benzene rings is 2. The van der Waals surface area contributed by atoms with Gasteiger partial charge in [0.1, 0.15) is 5.75 Å². The van der Waals surface area contributed by atoms with E-state index in [2.05, 4.69) is 20.8 Å². The first-order valence-electron chi connectivity index (χ1n) is 5.88. The van der Waals surface area contributed by atoms with Crippen LogP contribution in [0.25, 0.3) is 11.1 Å². The topological polar surface area (TPSA) is 20.2 Å². The van der Waals surface area contributed by atoms with Crippen LogP contribution in [0.4, 0.5) is 0 Å². The third-order valence-electron chi connectivity index (χ3n) is 2.93. The number of phenols is 1. The van der Waals surface area contributed by atoms with E-state index in [4.69, 9.17) is 0 Å². The first-order valence-corrected chi connectivity index (χ1v) is 5.88. The van der Waals surface area contributed by atoms with E-state index in [1.54, 1.807) is 0 Å². The van der Waals surface area contributed by atoms with E-state index in [1.807, 2.05) is 48.5 Å². The molecule has 0 aliphatic rings. The van der Waals surface area contributed by atoms with Gasteiger partial charge in [0.2, 0.25) is 0 Å². The normalized spacial score (nSPS) is 9.75. The number of rotatable bonds is 1. The minimum atomic E-state index is -0.0468. The zero-order valence-corrected chi connectivity index (χ0v) is 15.5. The molecule has 0 heterocycles. The molecule has 2 rings (SSSR count). The van der Waals surface area contributed by atoms with Crippen molar-refractivity contribution in [2.75, 3.05) is 0 Å². The molecular weight excluding hydrogens is 323 g/mol. The predicted molar refractivity (Wildman–Crippen MR) is 85.1 cm³/mol. The van der Waals surface area contributed by atoms with Crippen LogP contribution in [0.1, 0.15) is 26.3 Å². The van der Waals surface area contributed by atoms with Gasteiger partial charge >= 0.3 is 26.2 Å². The van der Waals surface area contributed by atoms with Gasteiger partial charge in [-0.2, -0.15) is 0 Å². The first kappa shape index (κ1) is 21.4. The van der Waals surface area contributed by atoms with Crippen molar-refractivity contribution in [3.8, 4) is 16.9 Å². The molecule has 0 amide bonds. The van der Waals surface area contributed by atoms with E-state index in [0.29, 0.717) is 5.75 Å². The summed E-state index contributed by atoms with van der Waals surface area (Å²) in [4.78, 5) is 0. The van der Waals surface area contributed by atoms with Crippen molar-refractivity contribution in [2.24, 2.45) is 0 Å². The molecule has 1 N–H and O–H groups in total. The van der Waals surface area contributed by atoms with E-state index in [1.165, 1.54) is 0 Å². The Morgan fingerprint density at radius 2 is 1.35 bits per heavy atom. The molecule has 0 fully saturated rings. The fourth-order valence-electron chi connectivity index (χ4n) is 2.00. The summed E-state index contributed by atoms with van der Waals surface area (Å²) in [5.74, 6) is 0.395. The Morgan fingerprint density at radius 1 is 0.800 bits per heavy atom. The largest absolute Gasteiger partial charge is 2.00 e. The summed E-state index contributed by atoms with van der Waals surface area (Å²) in [5, 5.41) is 10.4. The Bertz CT molecular complexity index is 513. The van der Waals surface area contributed by atoms with Gasteiger partial charge in [0.25, 0.3) is 0 Å². The molecule has 106 valence electrons. The molecular formula is C18H24OZr. The minimum absolute atomic E-state index is 0. The van der Waals surface area contributed by atoms with Gasteiger partial charge in [0, 0.05) is 5.56 Å². The van der Waals surface area contributed by atoms with E-state index in [0.717, 1.165) is 16.7 Å². The van der Waals surface area contributed by atoms with Gasteiger partial charge in [-0.25, -0.2) is 0 Å². The maximum atomic E-state index is 10.4. The van der Waals surface area contributed by atoms with Crippen LogP contribution in [-0.4, -0.2) is 5.11 Å². The molecule has 2 aromatic carbocycles. The number of aromatic hydroxyl groups is 1. The first-order chi connectivity index (χ1) is 8.00. The van der Waals surface area contributed by atoms with Crippen LogP contribution in [0.2, 0.25) is 0 Å². The Hall–Kier alpha value is -0.877. The van der Waals surface area contributed by atoms with Crippen molar-refractivity contribution in [3.05, 3.63) is 68.9 Å². The number of phenolic OH excluding ortho intramolecular Hbond substituents is 1. The number of para-hydroxylation sites is 1. The van der Waals surface area contributed by atoms with Gasteiger partial charge in [-0.3, -0.25) is 0 Å². The molecule has 0 aliphatic heterocycles. The molecule has 0 saturated heterocycles. The van der Waals surface area contributed by atoms with Crippen LogP contribution < -0.4 is 0 Å². The second-order valence-electron chi connectivity index (χ2n) is 5.32. The monoisotopic (exact) mass is 346 g/mol. The maximum absolute atomic E-state index is 10.4. The van der Waals surface area contributed by atoms with E-state index >= 15 is 0 Å². The van der Waals surface area contributed by atoms with Crippen LogP contribution in [0.15, 0.2) is 48.5 Å². The summed E-state index contributed by atoms with van der Waals surface area (Å²) >= 11 is 0. The summed E-state index contributed by atoms with van der Waals surface area (Å²) in [6.07, 6.45) is 0. The second-order valence-corrected chi connectivity index (χ2v) is 5.32. The van der Waals surface area contributed by atoms with E-state index in [9.17, 15) is 5.11 Å². The second kappa shape index (κ2) is 8.42. The number of hydrogen-bond acceptors (Lipinski definition) is 1. The van der Waals surface area contributed by atoms with Gasteiger partial charge in [-0.15, -0.1) is 0 Å². The Kier molecular flexibility index (Phi) is 9.02.